The van der Waals surface area contributed by atoms with Crippen LogP contribution < -0.4 is 5.32 Å². The van der Waals surface area contributed by atoms with Crippen LogP contribution in [0, 0.1) is 6.92 Å². The molecule has 1 rings (SSSR count). The van der Waals surface area contributed by atoms with Gasteiger partial charge in [-0.3, -0.25) is 9.78 Å². The van der Waals surface area contributed by atoms with Crippen LogP contribution in [0.1, 0.15) is 12.1 Å². The lowest BCUT2D eigenvalue weighted by atomic mass is 10.2. The van der Waals surface area contributed by atoms with Gasteiger partial charge in [-0.1, -0.05) is 0 Å². The number of nitrogens with zero attached hydrogens (tertiary/aromatic N) is 2. The van der Waals surface area contributed by atoms with Crippen molar-refractivity contribution in [3.63, 3.8) is 0 Å². The molecule has 0 radical (unpaired) electrons. The largest absolute Gasteiger partial charge is 0.481 e. The predicted octanol–water partition coefficient (Wildman–Crippen LogP) is 0.687. The average molecular weight is 225 g/mol. The first-order chi connectivity index (χ1) is 7.63. The zero-order valence-electron chi connectivity index (χ0n) is 9.30. The number of methoxy groups -OCH3 is 1. The van der Waals surface area contributed by atoms with Crippen molar-refractivity contribution >= 4 is 11.8 Å². The van der Waals surface area contributed by atoms with Gasteiger partial charge in [0.2, 0.25) is 0 Å². The number of hydrogen-bond acceptors (Lipinski definition) is 5. The van der Waals surface area contributed by atoms with Crippen LogP contribution in [-0.4, -0.2) is 40.8 Å². The van der Waals surface area contributed by atoms with Gasteiger partial charge in [0.05, 0.1) is 18.2 Å². The molecule has 2 N–H and O–H groups in total. The smallest absolute Gasteiger partial charge is 0.306 e. The lowest BCUT2D eigenvalue weighted by molar-refractivity contribution is -0.139. The summed E-state index contributed by atoms with van der Waals surface area (Å²) in [5.41, 5.74) is 0.771. The van der Waals surface area contributed by atoms with Gasteiger partial charge < -0.3 is 15.2 Å². The number of aromatic nitrogens is 2. The molecule has 0 aliphatic heterocycles. The summed E-state index contributed by atoms with van der Waals surface area (Å²) in [6, 6.07) is 0. The van der Waals surface area contributed by atoms with Gasteiger partial charge in [0, 0.05) is 26.0 Å². The van der Waals surface area contributed by atoms with Crippen LogP contribution in [0.15, 0.2) is 12.4 Å². The summed E-state index contributed by atoms with van der Waals surface area (Å²) in [6.45, 7) is 2.22. The van der Waals surface area contributed by atoms with Gasteiger partial charge in [0.1, 0.15) is 5.82 Å². The number of aryl methyl sites for hydroxylation is 1. The van der Waals surface area contributed by atoms with Crippen LogP contribution in [0.5, 0.6) is 0 Å². The number of hydrogen-bond donors (Lipinski definition) is 2. The van der Waals surface area contributed by atoms with Crippen molar-refractivity contribution in [2.24, 2.45) is 0 Å². The van der Waals surface area contributed by atoms with Crippen LogP contribution in [-0.2, 0) is 9.53 Å². The number of ether oxygens (including phenoxy) is 1. The van der Waals surface area contributed by atoms with E-state index in [0.29, 0.717) is 12.4 Å². The van der Waals surface area contributed by atoms with Crippen LogP contribution in [0.4, 0.5) is 5.82 Å². The van der Waals surface area contributed by atoms with Gasteiger partial charge >= 0.3 is 5.97 Å². The predicted molar refractivity (Wildman–Crippen MR) is 58.3 cm³/mol. The lowest BCUT2D eigenvalue weighted by Gasteiger charge is -2.14. The van der Waals surface area contributed by atoms with Crippen molar-refractivity contribution in [1.29, 1.82) is 0 Å². The number of carbonyl (C=O) groups is 1. The fourth-order valence-corrected chi connectivity index (χ4v) is 1.23. The van der Waals surface area contributed by atoms with E-state index in [9.17, 15) is 4.79 Å². The molecule has 1 atom stereocenters. The summed E-state index contributed by atoms with van der Waals surface area (Å²) in [4.78, 5) is 18.7. The third kappa shape index (κ3) is 3.82. The topological polar surface area (TPSA) is 84.3 Å². The molecule has 1 aromatic heterocycles. The minimum absolute atomic E-state index is 0.0389. The van der Waals surface area contributed by atoms with Gasteiger partial charge in [-0.15, -0.1) is 0 Å². The van der Waals surface area contributed by atoms with Crippen molar-refractivity contribution in [3.05, 3.63) is 18.1 Å². The molecular weight excluding hydrogens is 210 g/mol. The number of nitrogens with one attached hydrogen (secondary N) is 1. The Bertz CT molecular complexity index is 357. The van der Waals surface area contributed by atoms with Gasteiger partial charge in [0.25, 0.3) is 0 Å². The van der Waals surface area contributed by atoms with Crippen molar-refractivity contribution in [2.45, 2.75) is 19.4 Å². The van der Waals surface area contributed by atoms with Gasteiger partial charge in [-0.05, 0) is 6.92 Å². The van der Waals surface area contributed by atoms with Crippen molar-refractivity contribution in [2.75, 3.05) is 19.0 Å². The normalized spacial score (nSPS) is 12.1. The van der Waals surface area contributed by atoms with Crippen molar-refractivity contribution in [1.82, 2.24) is 9.97 Å². The van der Waals surface area contributed by atoms with Gasteiger partial charge in [-0.2, -0.15) is 0 Å². The fourth-order valence-electron chi connectivity index (χ4n) is 1.23. The Hall–Kier alpha value is -1.69. The van der Waals surface area contributed by atoms with E-state index >= 15 is 0 Å². The molecule has 1 aromatic rings. The Kier molecular flexibility index (Phi) is 4.65. The van der Waals surface area contributed by atoms with E-state index in [1.165, 1.54) is 7.11 Å². The molecule has 6 heteroatoms. The molecule has 1 unspecified atom stereocenters. The second kappa shape index (κ2) is 6.02. The van der Waals surface area contributed by atoms with Crippen LogP contribution in [0.25, 0.3) is 0 Å². The number of carboxylic acids is 1. The lowest BCUT2D eigenvalue weighted by Crippen LogP contribution is -2.25. The highest BCUT2D eigenvalue weighted by Gasteiger charge is 2.12. The average Bonchev–Trinajstić information content (AvgIpc) is 2.25. The Balaban J connectivity index is 2.49. The Morgan fingerprint density at radius 3 is 2.81 bits per heavy atom. The highest BCUT2D eigenvalue weighted by atomic mass is 16.5. The summed E-state index contributed by atoms with van der Waals surface area (Å²) >= 11 is 0. The third-order valence-electron chi connectivity index (χ3n) is 2.11. The molecule has 6 nitrogen and oxygen atoms in total. The number of rotatable bonds is 6. The van der Waals surface area contributed by atoms with E-state index in [4.69, 9.17) is 9.84 Å². The molecule has 0 aliphatic rings. The minimum atomic E-state index is -0.885. The molecule has 0 saturated heterocycles. The summed E-state index contributed by atoms with van der Waals surface area (Å²) < 4.78 is 5.03. The minimum Gasteiger partial charge on any atom is -0.481 e. The molecule has 1 heterocycles. The van der Waals surface area contributed by atoms with Crippen LogP contribution in [0.3, 0.4) is 0 Å². The summed E-state index contributed by atoms with van der Waals surface area (Å²) in [5, 5.41) is 11.6. The van der Waals surface area contributed by atoms with E-state index in [1.807, 2.05) is 6.92 Å². The monoisotopic (exact) mass is 225 g/mol. The highest BCUT2D eigenvalue weighted by Crippen LogP contribution is 2.07. The van der Waals surface area contributed by atoms with Crippen molar-refractivity contribution in [3.8, 4) is 0 Å². The van der Waals surface area contributed by atoms with E-state index < -0.39 is 5.97 Å². The van der Waals surface area contributed by atoms with E-state index in [-0.39, 0.29) is 12.5 Å². The molecule has 0 spiro atoms. The fraction of sp³-hybridized carbons (Fsp3) is 0.500. The zero-order chi connectivity index (χ0) is 12.0. The molecular formula is C10H15N3O3. The molecule has 88 valence electrons. The van der Waals surface area contributed by atoms with E-state index in [2.05, 4.69) is 15.3 Å². The standard InChI is InChI=1S/C10H15N3O3/c1-7-10(12-4-3-11-7)13-6-8(16-2)5-9(14)15/h3-4,8H,5-6H2,1-2H3,(H,12,13)(H,14,15). The molecule has 0 amide bonds. The first-order valence-corrected chi connectivity index (χ1v) is 4.89. The highest BCUT2D eigenvalue weighted by molar-refractivity contribution is 5.67. The van der Waals surface area contributed by atoms with Crippen LogP contribution in [0.2, 0.25) is 0 Å². The Morgan fingerprint density at radius 2 is 2.25 bits per heavy atom. The quantitative estimate of drug-likeness (QED) is 0.740. The first-order valence-electron chi connectivity index (χ1n) is 4.89. The zero-order valence-corrected chi connectivity index (χ0v) is 9.30. The summed E-state index contributed by atoms with van der Waals surface area (Å²) in [5.74, 6) is -0.237. The summed E-state index contributed by atoms with van der Waals surface area (Å²) in [7, 11) is 1.48. The molecule has 16 heavy (non-hydrogen) atoms. The molecule has 0 saturated carbocycles. The van der Waals surface area contributed by atoms with Gasteiger partial charge in [0.15, 0.2) is 0 Å². The summed E-state index contributed by atoms with van der Waals surface area (Å²) in [6.07, 6.45) is 2.77. The molecule has 0 fully saturated rings. The Morgan fingerprint density at radius 1 is 1.56 bits per heavy atom. The van der Waals surface area contributed by atoms with E-state index in [1.54, 1.807) is 12.4 Å². The number of carboxylic acid groups (broad SMARTS) is 1. The first kappa shape index (κ1) is 12.4. The second-order valence-corrected chi connectivity index (χ2v) is 3.33. The number of anilines is 1. The SMILES string of the molecule is COC(CNc1nccnc1C)CC(=O)O. The van der Waals surface area contributed by atoms with E-state index in [0.717, 1.165) is 5.69 Å². The van der Waals surface area contributed by atoms with Crippen LogP contribution >= 0.6 is 0 Å². The van der Waals surface area contributed by atoms with Crippen molar-refractivity contribution < 1.29 is 14.6 Å². The Labute approximate surface area is 93.7 Å². The molecule has 0 aliphatic carbocycles. The second-order valence-electron chi connectivity index (χ2n) is 3.33. The molecule has 0 aromatic carbocycles. The number of aliphatic carboxylic acids is 1. The third-order valence-corrected chi connectivity index (χ3v) is 2.11. The molecule has 0 bridgehead atoms. The maximum absolute atomic E-state index is 10.5. The van der Waals surface area contributed by atoms with Gasteiger partial charge in [-0.25, -0.2) is 4.98 Å². The maximum atomic E-state index is 10.5. The maximum Gasteiger partial charge on any atom is 0.306 e.